The van der Waals surface area contributed by atoms with Crippen LogP contribution in [-0.2, 0) is 21.4 Å². The predicted octanol–water partition coefficient (Wildman–Crippen LogP) is 7.38. The van der Waals surface area contributed by atoms with Crippen LogP contribution in [0.25, 0.3) is 22.5 Å². The summed E-state index contributed by atoms with van der Waals surface area (Å²) >= 11 is 1.33. The SMILES string of the molecule is CCC(CC)Oc1ccc(-c2cnc(-c3ccc(CC(NC(=O)c4ccc(C(C)(C)C)s4)C(=O)NC(C(=O)O)C(O)c4ccccc4)cc3)nc2)cc1. The van der Waals surface area contributed by atoms with Crippen LogP contribution in [0.4, 0.5) is 0 Å². The van der Waals surface area contributed by atoms with Gasteiger partial charge in [0.05, 0.1) is 11.0 Å². The number of aliphatic hydroxyl groups excluding tert-OH is 1. The third-order valence-electron chi connectivity index (χ3n) is 8.92. The number of thiophene rings is 1. The maximum Gasteiger partial charge on any atom is 0.329 e. The Kier molecular flexibility index (Phi) is 12.8. The summed E-state index contributed by atoms with van der Waals surface area (Å²) in [6, 6.07) is 24.2. The molecule has 3 unspecified atom stereocenters. The molecule has 3 atom stereocenters. The number of carboxylic acid groups (broad SMARTS) is 1. The van der Waals surface area contributed by atoms with Crippen LogP contribution in [-0.4, -0.2) is 56.2 Å². The van der Waals surface area contributed by atoms with Crippen molar-refractivity contribution in [3.05, 3.63) is 124 Å². The number of nitrogens with zero attached hydrogens (tertiary/aromatic N) is 2. The van der Waals surface area contributed by atoms with Crippen molar-refractivity contribution >= 4 is 29.1 Å². The lowest BCUT2D eigenvalue weighted by Gasteiger charge is -2.24. The summed E-state index contributed by atoms with van der Waals surface area (Å²) in [5.41, 5.74) is 3.46. The molecule has 0 aliphatic heterocycles. The number of hydrogen-bond donors (Lipinski definition) is 4. The predicted molar refractivity (Wildman–Crippen MR) is 207 cm³/mol. The number of carbonyl (C=O) groups is 3. The average molecular weight is 735 g/mol. The van der Waals surface area contributed by atoms with Crippen molar-refractivity contribution in [1.29, 1.82) is 0 Å². The number of rotatable bonds is 15. The normalized spacial score (nSPS) is 13.2. The lowest BCUT2D eigenvalue weighted by Crippen LogP contribution is -2.54. The summed E-state index contributed by atoms with van der Waals surface area (Å²) in [6.45, 7) is 10.4. The second-order valence-corrected chi connectivity index (χ2v) is 15.0. The molecule has 276 valence electrons. The van der Waals surface area contributed by atoms with Crippen molar-refractivity contribution in [2.24, 2.45) is 0 Å². The van der Waals surface area contributed by atoms with E-state index in [0.717, 1.165) is 40.2 Å². The third kappa shape index (κ3) is 10.1. The highest BCUT2D eigenvalue weighted by Gasteiger charge is 2.33. The number of aliphatic carboxylic acids is 1. The molecule has 0 saturated heterocycles. The first-order chi connectivity index (χ1) is 25.4. The highest BCUT2D eigenvalue weighted by Crippen LogP contribution is 2.30. The standard InChI is InChI=1S/C42H46N4O6S/c1-6-31(7-2)52-32-19-17-27(18-20-32)30-24-43-38(44-25-30)29-15-13-26(14-16-29)23-33(45-40(49)34-21-22-35(53-34)42(3,4)5)39(48)46-36(41(50)51)37(47)28-11-9-8-10-12-28/h8-22,24-25,31,33,36-37,47H,6-7,23H2,1-5H3,(H,45,49)(H,46,48)(H,50,51). The molecule has 0 radical (unpaired) electrons. The number of carboxylic acids is 1. The Labute approximate surface area is 314 Å². The molecule has 0 saturated carbocycles. The van der Waals surface area contributed by atoms with E-state index < -0.39 is 36.0 Å². The van der Waals surface area contributed by atoms with Crippen LogP contribution in [0.2, 0.25) is 0 Å². The second kappa shape index (κ2) is 17.4. The highest BCUT2D eigenvalue weighted by molar-refractivity contribution is 7.14. The highest BCUT2D eigenvalue weighted by atomic mass is 32.1. The van der Waals surface area contributed by atoms with E-state index in [1.165, 1.54) is 11.3 Å². The second-order valence-electron chi connectivity index (χ2n) is 13.9. The molecule has 3 aromatic carbocycles. The van der Waals surface area contributed by atoms with Gasteiger partial charge in [-0.05, 0) is 59.2 Å². The van der Waals surface area contributed by atoms with E-state index >= 15 is 0 Å². The zero-order chi connectivity index (χ0) is 38.1. The van der Waals surface area contributed by atoms with E-state index in [1.807, 2.05) is 75.4 Å². The fraction of sp³-hybridized carbons (Fsp3) is 0.310. The summed E-state index contributed by atoms with van der Waals surface area (Å²) in [5, 5.41) is 26.1. The number of aromatic nitrogens is 2. The summed E-state index contributed by atoms with van der Waals surface area (Å²) in [7, 11) is 0. The Morgan fingerprint density at radius 2 is 1.42 bits per heavy atom. The summed E-state index contributed by atoms with van der Waals surface area (Å²) < 4.78 is 6.02. The quantitative estimate of drug-likeness (QED) is 0.0870. The largest absolute Gasteiger partial charge is 0.490 e. The van der Waals surface area contributed by atoms with Crippen molar-refractivity contribution in [2.45, 2.75) is 83.6 Å². The molecule has 0 aliphatic carbocycles. The van der Waals surface area contributed by atoms with Crippen LogP contribution in [0, 0.1) is 0 Å². The van der Waals surface area contributed by atoms with Gasteiger partial charge in [0.25, 0.3) is 5.91 Å². The van der Waals surface area contributed by atoms with E-state index in [4.69, 9.17) is 4.74 Å². The minimum absolute atomic E-state index is 0.0554. The first-order valence-corrected chi connectivity index (χ1v) is 18.5. The summed E-state index contributed by atoms with van der Waals surface area (Å²) in [5.74, 6) is -1.27. The van der Waals surface area contributed by atoms with Crippen LogP contribution in [0.1, 0.15) is 79.2 Å². The number of hydrogen-bond acceptors (Lipinski definition) is 8. The van der Waals surface area contributed by atoms with E-state index in [9.17, 15) is 24.6 Å². The van der Waals surface area contributed by atoms with Crippen LogP contribution in [0.3, 0.4) is 0 Å². The maximum atomic E-state index is 13.7. The number of benzene rings is 3. The Hall–Kier alpha value is -5.39. The van der Waals surface area contributed by atoms with Gasteiger partial charge in [-0.2, -0.15) is 0 Å². The van der Waals surface area contributed by atoms with Gasteiger partial charge in [0.1, 0.15) is 17.9 Å². The third-order valence-corrected chi connectivity index (χ3v) is 10.4. The molecule has 5 rings (SSSR count). The number of nitrogens with one attached hydrogen (secondary N) is 2. The average Bonchev–Trinajstić information content (AvgIpc) is 3.68. The molecule has 0 fully saturated rings. The molecule has 2 amide bonds. The Morgan fingerprint density at radius 3 is 1.98 bits per heavy atom. The number of amides is 2. The molecule has 0 spiro atoms. The van der Waals surface area contributed by atoms with Gasteiger partial charge in [-0.1, -0.05) is 101 Å². The van der Waals surface area contributed by atoms with Crippen LogP contribution in [0.15, 0.2) is 103 Å². The lowest BCUT2D eigenvalue weighted by atomic mass is 9.95. The molecule has 0 aliphatic rings. The molecule has 11 heteroatoms. The molecule has 2 heterocycles. The van der Waals surface area contributed by atoms with Crippen LogP contribution in [0.5, 0.6) is 5.75 Å². The molecular weight excluding hydrogens is 689 g/mol. The van der Waals surface area contributed by atoms with Gasteiger partial charge in [0.2, 0.25) is 5.91 Å². The minimum Gasteiger partial charge on any atom is -0.490 e. The van der Waals surface area contributed by atoms with Gasteiger partial charge in [-0.25, -0.2) is 14.8 Å². The zero-order valence-electron chi connectivity index (χ0n) is 30.6. The Morgan fingerprint density at radius 1 is 0.792 bits per heavy atom. The Balaban J connectivity index is 1.32. The Bertz CT molecular complexity index is 1970. The van der Waals surface area contributed by atoms with Crippen molar-refractivity contribution in [3.63, 3.8) is 0 Å². The first-order valence-electron chi connectivity index (χ1n) is 17.7. The fourth-order valence-corrected chi connectivity index (χ4v) is 6.67. The van der Waals surface area contributed by atoms with Gasteiger partial charge in [0, 0.05) is 34.8 Å². The lowest BCUT2D eigenvalue weighted by molar-refractivity contribution is -0.145. The molecule has 10 nitrogen and oxygen atoms in total. The number of aliphatic hydroxyl groups is 1. The van der Waals surface area contributed by atoms with E-state index in [1.54, 1.807) is 48.8 Å². The first kappa shape index (κ1) is 38.8. The molecule has 4 N–H and O–H groups in total. The van der Waals surface area contributed by atoms with Crippen molar-refractivity contribution < 1.29 is 29.3 Å². The van der Waals surface area contributed by atoms with Crippen LogP contribution < -0.4 is 15.4 Å². The van der Waals surface area contributed by atoms with E-state index in [-0.39, 0.29) is 17.9 Å². The van der Waals surface area contributed by atoms with E-state index in [0.29, 0.717) is 21.8 Å². The van der Waals surface area contributed by atoms with Crippen molar-refractivity contribution in [1.82, 2.24) is 20.6 Å². The smallest absolute Gasteiger partial charge is 0.329 e. The molecule has 53 heavy (non-hydrogen) atoms. The van der Waals surface area contributed by atoms with Gasteiger partial charge < -0.3 is 25.6 Å². The summed E-state index contributed by atoms with van der Waals surface area (Å²) in [6.07, 6.45) is 4.15. The van der Waals surface area contributed by atoms with Gasteiger partial charge >= 0.3 is 5.97 Å². The molecular formula is C42H46N4O6S. The summed E-state index contributed by atoms with van der Waals surface area (Å²) in [4.78, 5) is 50.0. The zero-order valence-corrected chi connectivity index (χ0v) is 31.4. The maximum absolute atomic E-state index is 13.7. The fourth-order valence-electron chi connectivity index (χ4n) is 5.70. The minimum atomic E-state index is -1.65. The monoisotopic (exact) mass is 734 g/mol. The van der Waals surface area contributed by atoms with Crippen LogP contribution >= 0.6 is 11.3 Å². The van der Waals surface area contributed by atoms with Gasteiger partial charge in [-0.15, -0.1) is 11.3 Å². The van der Waals surface area contributed by atoms with Crippen molar-refractivity contribution in [3.8, 4) is 28.3 Å². The molecule has 5 aromatic rings. The van der Waals surface area contributed by atoms with Gasteiger partial charge in [0.15, 0.2) is 11.9 Å². The van der Waals surface area contributed by atoms with Gasteiger partial charge in [-0.3, -0.25) is 9.59 Å². The van der Waals surface area contributed by atoms with E-state index in [2.05, 4.69) is 34.4 Å². The molecule has 0 bridgehead atoms. The topological polar surface area (TPSA) is 151 Å². The number of ether oxygens (including phenoxy) is 1. The number of carbonyl (C=O) groups excluding carboxylic acids is 2. The molecule has 2 aromatic heterocycles. The van der Waals surface area contributed by atoms with Crippen molar-refractivity contribution in [2.75, 3.05) is 0 Å².